The first-order valence-electron chi connectivity index (χ1n) is 5.16. The topological polar surface area (TPSA) is 61.0 Å². The zero-order valence-corrected chi connectivity index (χ0v) is 9.87. The summed E-state index contributed by atoms with van der Waals surface area (Å²) in [5.41, 5.74) is 6.41. The molecule has 2 aromatic rings. The van der Waals surface area contributed by atoms with E-state index >= 15 is 0 Å². The Kier molecular flexibility index (Phi) is 3.10. The fraction of sp³-hybridized carbons (Fsp3) is 0.167. The molecule has 0 saturated carbocycles. The number of hydrogen-bond donors (Lipinski definition) is 1. The Labute approximate surface area is 102 Å². The fourth-order valence-corrected chi connectivity index (χ4v) is 1.51. The number of hydrogen-bond acceptors (Lipinski definition) is 4. The highest BCUT2D eigenvalue weighted by atomic mass is 19.1. The largest absolute Gasteiger partial charge is 0.494 e. The summed E-state index contributed by atoms with van der Waals surface area (Å²) < 4.78 is 32.0. The van der Waals surface area contributed by atoms with Crippen molar-refractivity contribution in [3.05, 3.63) is 35.4 Å². The first-order chi connectivity index (χ1) is 8.52. The zero-order valence-electron chi connectivity index (χ0n) is 9.87. The van der Waals surface area contributed by atoms with Gasteiger partial charge >= 0.3 is 0 Å². The van der Waals surface area contributed by atoms with Crippen molar-refractivity contribution in [2.75, 3.05) is 12.8 Å². The number of aryl methyl sites for hydroxylation is 1. The van der Waals surface area contributed by atoms with E-state index in [9.17, 15) is 8.78 Å². The summed E-state index contributed by atoms with van der Waals surface area (Å²) in [7, 11) is 1.27. The SMILES string of the molecule is COc1cc(F)c(-c2cc(C)c(N)nn2)cc1F. The number of halogens is 2. The number of rotatable bonds is 2. The van der Waals surface area contributed by atoms with Gasteiger partial charge in [-0.05, 0) is 24.6 Å². The predicted molar refractivity (Wildman–Crippen MR) is 63.1 cm³/mol. The molecule has 0 unspecified atom stereocenters. The van der Waals surface area contributed by atoms with Gasteiger partial charge < -0.3 is 10.5 Å². The summed E-state index contributed by atoms with van der Waals surface area (Å²) >= 11 is 0. The van der Waals surface area contributed by atoms with Crippen molar-refractivity contribution in [1.82, 2.24) is 10.2 Å². The summed E-state index contributed by atoms with van der Waals surface area (Å²) in [6.45, 7) is 1.71. The molecule has 0 radical (unpaired) electrons. The van der Waals surface area contributed by atoms with E-state index in [1.54, 1.807) is 13.0 Å². The van der Waals surface area contributed by atoms with Crippen LogP contribution in [0.5, 0.6) is 5.75 Å². The van der Waals surface area contributed by atoms with Crippen molar-refractivity contribution in [1.29, 1.82) is 0 Å². The second kappa shape index (κ2) is 4.56. The number of nitrogens with zero attached hydrogens (tertiary/aromatic N) is 2. The molecule has 4 nitrogen and oxygen atoms in total. The Morgan fingerprint density at radius 1 is 1.11 bits per heavy atom. The quantitative estimate of drug-likeness (QED) is 0.889. The van der Waals surface area contributed by atoms with Gasteiger partial charge in [-0.2, -0.15) is 0 Å². The molecule has 18 heavy (non-hydrogen) atoms. The summed E-state index contributed by atoms with van der Waals surface area (Å²) in [5.74, 6) is -1.19. The van der Waals surface area contributed by atoms with Gasteiger partial charge in [0.2, 0.25) is 0 Å². The molecule has 1 aromatic heterocycles. The summed E-state index contributed by atoms with van der Waals surface area (Å²) in [5, 5.41) is 7.42. The summed E-state index contributed by atoms with van der Waals surface area (Å²) in [6, 6.07) is 3.54. The van der Waals surface area contributed by atoms with Crippen LogP contribution in [-0.4, -0.2) is 17.3 Å². The van der Waals surface area contributed by atoms with Crippen LogP contribution < -0.4 is 10.5 Å². The predicted octanol–water partition coefficient (Wildman–Crippen LogP) is 2.32. The minimum Gasteiger partial charge on any atom is -0.494 e. The smallest absolute Gasteiger partial charge is 0.165 e. The van der Waals surface area contributed by atoms with E-state index in [1.165, 1.54) is 7.11 Å². The third kappa shape index (κ3) is 2.09. The minimum atomic E-state index is -0.662. The van der Waals surface area contributed by atoms with Crippen LogP contribution in [0.1, 0.15) is 5.56 Å². The molecule has 1 heterocycles. The number of ether oxygens (including phenoxy) is 1. The average molecular weight is 251 g/mol. The van der Waals surface area contributed by atoms with Crippen LogP contribution in [0.3, 0.4) is 0 Å². The van der Waals surface area contributed by atoms with Crippen molar-refractivity contribution < 1.29 is 13.5 Å². The normalized spacial score (nSPS) is 10.4. The van der Waals surface area contributed by atoms with Gasteiger partial charge in [0.25, 0.3) is 0 Å². The van der Waals surface area contributed by atoms with Crippen LogP contribution in [0.15, 0.2) is 18.2 Å². The zero-order chi connectivity index (χ0) is 13.3. The van der Waals surface area contributed by atoms with E-state index in [4.69, 9.17) is 5.73 Å². The lowest BCUT2D eigenvalue weighted by atomic mass is 10.1. The van der Waals surface area contributed by atoms with Gasteiger partial charge in [0.05, 0.1) is 12.8 Å². The van der Waals surface area contributed by atoms with Crippen molar-refractivity contribution in [3.8, 4) is 17.0 Å². The second-order valence-corrected chi connectivity index (χ2v) is 3.76. The fourth-order valence-electron chi connectivity index (χ4n) is 1.51. The van der Waals surface area contributed by atoms with Gasteiger partial charge in [-0.1, -0.05) is 0 Å². The second-order valence-electron chi connectivity index (χ2n) is 3.76. The number of nitrogen functional groups attached to an aromatic ring is 1. The van der Waals surface area contributed by atoms with Gasteiger partial charge in [0, 0.05) is 11.6 Å². The van der Waals surface area contributed by atoms with Gasteiger partial charge in [-0.25, -0.2) is 8.78 Å². The van der Waals surface area contributed by atoms with Gasteiger partial charge in [0.1, 0.15) is 11.6 Å². The lowest BCUT2D eigenvalue weighted by molar-refractivity contribution is 0.383. The van der Waals surface area contributed by atoms with Gasteiger partial charge in [-0.3, -0.25) is 0 Å². The maximum absolute atomic E-state index is 13.8. The first kappa shape index (κ1) is 12.2. The highest BCUT2D eigenvalue weighted by Crippen LogP contribution is 2.28. The molecule has 94 valence electrons. The highest BCUT2D eigenvalue weighted by Gasteiger charge is 2.14. The maximum Gasteiger partial charge on any atom is 0.165 e. The molecule has 0 saturated heterocycles. The van der Waals surface area contributed by atoms with Crippen molar-refractivity contribution in [3.63, 3.8) is 0 Å². The molecule has 0 spiro atoms. The Hall–Kier alpha value is -2.24. The molecule has 2 N–H and O–H groups in total. The third-order valence-corrected chi connectivity index (χ3v) is 2.54. The number of anilines is 1. The summed E-state index contributed by atoms with van der Waals surface area (Å²) in [6.07, 6.45) is 0. The molecule has 0 aliphatic carbocycles. The maximum atomic E-state index is 13.8. The van der Waals surface area contributed by atoms with Crippen molar-refractivity contribution in [2.24, 2.45) is 0 Å². The minimum absolute atomic E-state index is 0.0175. The van der Waals surface area contributed by atoms with Crippen LogP contribution in [0.4, 0.5) is 14.6 Å². The van der Waals surface area contributed by atoms with Crippen LogP contribution >= 0.6 is 0 Å². The average Bonchev–Trinajstić information content (AvgIpc) is 2.35. The molecule has 1 aromatic carbocycles. The molecule has 0 bridgehead atoms. The third-order valence-electron chi connectivity index (χ3n) is 2.54. The molecular formula is C12H11F2N3O. The molecule has 0 fully saturated rings. The van der Waals surface area contributed by atoms with Crippen molar-refractivity contribution in [2.45, 2.75) is 6.92 Å². The van der Waals surface area contributed by atoms with Crippen molar-refractivity contribution >= 4 is 5.82 Å². The molecule has 2 rings (SSSR count). The molecule has 0 aliphatic heterocycles. The van der Waals surface area contributed by atoms with Crippen LogP contribution in [0.25, 0.3) is 11.3 Å². The monoisotopic (exact) mass is 251 g/mol. The van der Waals surface area contributed by atoms with Gasteiger partial charge in [-0.15, -0.1) is 10.2 Å². The summed E-state index contributed by atoms with van der Waals surface area (Å²) in [4.78, 5) is 0. The number of nitrogens with two attached hydrogens (primary N) is 1. The van der Waals surface area contributed by atoms with E-state index in [2.05, 4.69) is 14.9 Å². The lowest BCUT2D eigenvalue weighted by Crippen LogP contribution is -2.00. The van der Waals surface area contributed by atoms with E-state index < -0.39 is 11.6 Å². The van der Waals surface area contributed by atoms with E-state index in [0.717, 1.165) is 12.1 Å². The van der Waals surface area contributed by atoms with E-state index in [-0.39, 0.29) is 22.8 Å². The van der Waals surface area contributed by atoms with E-state index in [0.29, 0.717) is 5.56 Å². The molecule has 0 aliphatic rings. The molecular weight excluding hydrogens is 240 g/mol. The highest BCUT2D eigenvalue weighted by molar-refractivity contribution is 5.63. The van der Waals surface area contributed by atoms with Crippen LogP contribution in [0.2, 0.25) is 0 Å². The number of methoxy groups -OCH3 is 1. The molecule has 0 amide bonds. The Morgan fingerprint density at radius 3 is 2.44 bits per heavy atom. The first-order valence-corrected chi connectivity index (χ1v) is 5.16. The van der Waals surface area contributed by atoms with E-state index in [1.807, 2.05) is 0 Å². The lowest BCUT2D eigenvalue weighted by Gasteiger charge is -2.07. The molecule has 0 atom stereocenters. The Balaban J connectivity index is 2.57. The van der Waals surface area contributed by atoms with Gasteiger partial charge in [0.15, 0.2) is 11.6 Å². The Bertz CT molecular complexity index is 602. The molecule has 6 heteroatoms. The standard InChI is InChI=1S/C12H11F2N3O/c1-6-3-10(16-17-12(6)15)7-4-9(14)11(18-2)5-8(7)13/h3-5H,1-2H3,(H2,15,17). The Morgan fingerprint density at radius 2 is 1.83 bits per heavy atom. The van der Waals surface area contributed by atoms with Crippen LogP contribution in [-0.2, 0) is 0 Å². The number of benzene rings is 1. The number of aromatic nitrogens is 2. The van der Waals surface area contributed by atoms with Crippen LogP contribution in [0, 0.1) is 18.6 Å².